The van der Waals surface area contributed by atoms with E-state index in [1.807, 2.05) is 0 Å². The van der Waals surface area contributed by atoms with Crippen LogP contribution in [0.25, 0.3) is 0 Å². The normalized spacial score (nSPS) is 20.1. The molecule has 1 aromatic heterocycles. The van der Waals surface area contributed by atoms with E-state index < -0.39 is 25.1 Å². The van der Waals surface area contributed by atoms with E-state index in [4.69, 9.17) is 11.6 Å². The van der Waals surface area contributed by atoms with Crippen LogP contribution in [0.15, 0.2) is 12.3 Å². The summed E-state index contributed by atoms with van der Waals surface area (Å²) in [4.78, 5) is 7.37. The molecular formula is C9H12ClN3O4S2. The zero-order valence-corrected chi connectivity index (χ0v) is 12.2. The number of rotatable bonds is 3. The standard InChI is InChI=1S/C9H12ClN3O4S2/c10-9-11-4-1-8(12-9)13-19(16,17)7-2-5-18(14,15)6-3-7/h1,4,7H,2-3,5-6H2,(H,11,12,13). The first-order chi connectivity index (χ1) is 8.78. The third-order valence-electron chi connectivity index (χ3n) is 2.81. The summed E-state index contributed by atoms with van der Waals surface area (Å²) in [6.45, 7) is 0. The average molecular weight is 326 g/mol. The Kier molecular flexibility index (Phi) is 3.98. The molecule has 0 bridgehead atoms. The number of nitrogens with zero attached hydrogens (tertiary/aromatic N) is 2. The SMILES string of the molecule is O=S1(=O)CCC(S(=O)(=O)Nc2ccnc(Cl)n2)CC1. The quantitative estimate of drug-likeness (QED) is 0.809. The summed E-state index contributed by atoms with van der Waals surface area (Å²) in [7, 11) is -6.76. The molecule has 1 fully saturated rings. The number of hydrogen-bond acceptors (Lipinski definition) is 6. The molecule has 1 saturated heterocycles. The van der Waals surface area contributed by atoms with Crippen LogP contribution >= 0.6 is 11.6 Å². The highest BCUT2D eigenvalue weighted by molar-refractivity contribution is 7.94. The molecule has 0 aromatic carbocycles. The number of hydrogen-bond donors (Lipinski definition) is 1. The average Bonchev–Trinajstić information content (AvgIpc) is 2.27. The van der Waals surface area contributed by atoms with Gasteiger partial charge in [0, 0.05) is 6.20 Å². The van der Waals surface area contributed by atoms with Crippen LogP contribution in [0.4, 0.5) is 5.82 Å². The minimum atomic E-state index is -3.67. The van der Waals surface area contributed by atoms with Crippen molar-refractivity contribution in [2.75, 3.05) is 16.2 Å². The van der Waals surface area contributed by atoms with Gasteiger partial charge in [-0.15, -0.1) is 0 Å². The van der Waals surface area contributed by atoms with Crippen molar-refractivity contribution in [3.8, 4) is 0 Å². The second kappa shape index (κ2) is 5.22. The number of sulfone groups is 1. The Morgan fingerprint density at radius 2 is 1.95 bits per heavy atom. The second-order valence-electron chi connectivity index (χ2n) is 4.21. The van der Waals surface area contributed by atoms with Crippen LogP contribution in [0, 0.1) is 0 Å². The Morgan fingerprint density at radius 1 is 1.32 bits per heavy atom. The fourth-order valence-electron chi connectivity index (χ4n) is 1.80. The van der Waals surface area contributed by atoms with E-state index in [0.29, 0.717) is 0 Å². The van der Waals surface area contributed by atoms with Gasteiger partial charge in [0.05, 0.1) is 16.8 Å². The molecule has 0 unspecified atom stereocenters. The first kappa shape index (κ1) is 14.5. The van der Waals surface area contributed by atoms with Crippen molar-refractivity contribution >= 4 is 37.3 Å². The third-order valence-corrected chi connectivity index (χ3v) is 6.55. The van der Waals surface area contributed by atoms with Gasteiger partial charge in [-0.25, -0.2) is 21.8 Å². The Labute approximate surface area is 116 Å². The monoisotopic (exact) mass is 325 g/mol. The van der Waals surface area contributed by atoms with Crippen molar-refractivity contribution in [1.29, 1.82) is 0 Å². The van der Waals surface area contributed by atoms with Gasteiger partial charge in [0.1, 0.15) is 15.7 Å². The number of aromatic nitrogens is 2. The van der Waals surface area contributed by atoms with Crippen molar-refractivity contribution < 1.29 is 16.8 Å². The lowest BCUT2D eigenvalue weighted by Gasteiger charge is -2.22. The molecule has 0 radical (unpaired) electrons. The summed E-state index contributed by atoms with van der Waals surface area (Å²) < 4.78 is 49.0. The minimum Gasteiger partial charge on any atom is -0.267 e. The van der Waals surface area contributed by atoms with Gasteiger partial charge < -0.3 is 0 Å². The first-order valence-electron chi connectivity index (χ1n) is 5.49. The summed E-state index contributed by atoms with van der Waals surface area (Å²) in [5.74, 6) is -0.139. The molecule has 1 aliphatic rings. The van der Waals surface area contributed by atoms with E-state index in [9.17, 15) is 16.8 Å². The highest BCUT2D eigenvalue weighted by Crippen LogP contribution is 2.21. The van der Waals surface area contributed by atoms with Crippen LogP contribution in [0.1, 0.15) is 12.8 Å². The maximum absolute atomic E-state index is 12.1. The maximum Gasteiger partial charge on any atom is 0.236 e. The molecule has 1 N–H and O–H groups in total. The van der Waals surface area contributed by atoms with E-state index in [2.05, 4.69) is 14.7 Å². The number of halogens is 1. The summed E-state index contributed by atoms with van der Waals surface area (Å²) in [6, 6.07) is 1.38. The van der Waals surface area contributed by atoms with Crippen LogP contribution < -0.4 is 4.72 Å². The lowest BCUT2D eigenvalue weighted by Crippen LogP contribution is -2.36. The van der Waals surface area contributed by atoms with Crippen molar-refractivity contribution in [2.24, 2.45) is 0 Å². The molecule has 2 heterocycles. The van der Waals surface area contributed by atoms with E-state index in [1.165, 1.54) is 12.3 Å². The van der Waals surface area contributed by atoms with E-state index in [1.54, 1.807) is 0 Å². The molecule has 0 atom stereocenters. The van der Waals surface area contributed by atoms with Crippen LogP contribution in [0.3, 0.4) is 0 Å². The molecule has 0 aliphatic carbocycles. The molecule has 0 spiro atoms. The van der Waals surface area contributed by atoms with Gasteiger partial charge in [0.25, 0.3) is 0 Å². The first-order valence-corrected chi connectivity index (χ1v) is 9.24. The molecule has 10 heteroatoms. The number of anilines is 1. The molecule has 1 aliphatic heterocycles. The molecule has 7 nitrogen and oxygen atoms in total. The van der Waals surface area contributed by atoms with Crippen molar-refractivity contribution in [3.63, 3.8) is 0 Å². The molecule has 106 valence electrons. The van der Waals surface area contributed by atoms with Crippen molar-refractivity contribution in [1.82, 2.24) is 9.97 Å². The summed E-state index contributed by atoms with van der Waals surface area (Å²) >= 11 is 5.56. The highest BCUT2D eigenvalue weighted by Gasteiger charge is 2.33. The Morgan fingerprint density at radius 3 is 2.53 bits per heavy atom. The summed E-state index contributed by atoms with van der Waals surface area (Å²) in [5, 5.41) is -0.795. The Balaban J connectivity index is 2.11. The van der Waals surface area contributed by atoms with Crippen LogP contribution in [0.5, 0.6) is 0 Å². The van der Waals surface area contributed by atoms with Gasteiger partial charge in [-0.05, 0) is 30.5 Å². The van der Waals surface area contributed by atoms with E-state index in [-0.39, 0.29) is 35.4 Å². The van der Waals surface area contributed by atoms with Gasteiger partial charge >= 0.3 is 0 Å². The molecule has 2 rings (SSSR count). The zero-order chi connectivity index (χ0) is 14.1. The van der Waals surface area contributed by atoms with Crippen LogP contribution in [-0.4, -0.2) is 43.6 Å². The summed E-state index contributed by atoms with van der Waals surface area (Å²) in [6.07, 6.45) is 1.52. The van der Waals surface area contributed by atoms with Gasteiger partial charge in [-0.3, -0.25) is 4.72 Å². The topological polar surface area (TPSA) is 106 Å². The lowest BCUT2D eigenvalue weighted by atomic mass is 10.2. The smallest absolute Gasteiger partial charge is 0.236 e. The maximum atomic E-state index is 12.1. The Bertz CT molecular complexity index is 660. The van der Waals surface area contributed by atoms with E-state index in [0.717, 1.165) is 0 Å². The van der Waals surface area contributed by atoms with Crippen molar-refractivity contribution in [2.45, 2.75) is 18.1 Å². The predicted octanol–water partition coefficient (Wildman–Crippen LogP) is 0.449. The Hall–Kier alpha value is -0.930. The van der Waals surface area contributed by atoms with Crippen LogP contribution in [0.2, 0.25) is 5.28 Å². The van der Waals surface area contributed by atoms with Crippen LogP contribution in [-0.2, 0) is 19.9 Å². The zero-order valence-electron chi connectivity index (χ0n) is 9.78. The number of nitrogens with one attached hydrogen (secondary N) is 1. The minimum absolute atomic E-state index is 0.0635. The molecule has 0 saturated carbocycles. The van der Waals surface area contributed by atoms with Crippen molar-refractivity contribution in [3.05, 3.63) is 17.5 Å². The molecular weight excluding hydrogens is 314 g/mol. The molecule has 0 amide bonds. The fraction of sp³-hybridized carbons (Fsp3) is 0.556. The fourth-order valence-corrected chi connectivity index (χ4v) is 5.16. The third kappa shape index (κ3) is 3.77. The summed E-state index contributed by atoms with van der Waals surface area (Å²) in [5.41, 5.74) is 0. The molecule has 1 aromatic rings. The van der Waals surface area contributed by atoms with Gasteiger partial charge in [-0.2, -0.15) is 4.98 Å². The van der Waals surface area contributed by atoms with Gasteiger partial charge in [0.15, 0.2) is 0 Å². The largest absolute Gasteiger partial charge is 0.267 e. The van der Waals surface area contributed by atoms with E-state index >= 15 is 0 Å². The van der Waals surface area contributed by atoms with Gasteiger partial charge in [-0.1, -0.05) is 0 Å². The number of sulfonamides is 1. The molecule has 19 heavy (non-hydrogen) atoms. The highest BCUT2D eigenvalue weighted by atomic mass is 35.5. The second-order valence-corrected chi connectivity index (χ2v) is 8.81. The predicted molar refractivity (Wildman–Crippen MR) is 71.3 cm³/mol. The lowest BCUT2D eigenvalue weighted by molar-refractivity contribution is 0.555. The van der Waals surface area contributed by atoms with Gasteiger partial charge in [0.2, 0.25) is 15.3 Å².